The Morgan fingerprint density at radius 1 is 1.29 bits per heavy atom. The molecule has 2 heterocycles. The SMILES string of the molecule is COC(=O)C1CCCN1C(=O)c1nc(C2CCC2)oc1C. The molecule has 3 rings (SSSR count). The fourth-order valence-electron chi connectivity index (χ4n) is 2.97. The number of aromatic nitrogens is 1. The number of oxazole rings is 1. The van der Waals surface area contributed by atoms with Crippen LogP contribution in [-0.4, -0.2) is 41.5 Å². The fourth-order valence-corrected chi connectivity index (χ4v) is 2.97. The number of likely N-dealkylation sites (tertiary alicyclic amines) is 1. The molecule has 0 radical (unpaired) electrons. The van der Waals surface area contributed by atoms with Crippen molar-refractivity contribution < 1.29 is 18.7 Å². The van der Waals surface area contributed by atoms with Crippen LogP contribution in [0.25, 0.3) is 0 Å². The summed E-state index contributed by atoms with van der Waals surface area (Å²) in [4.78, 5) is 30.3. The molecule has 2 aliphatic rings. The lowest BCUT2D eigenvalue weighted by Crippen LogP contribution is -2.41. The third kappa shape index (κ3) is 2.43. The highest BCUT2D eigenvalue weighted by atomic mass is 16.5. The van der Waals surface area contributed by atoms with Gasteiger partial charge in [0.2, 0.25) is 0 Å². The Balaban J connectivity index is 1.81. The summed E-state index contributed by atoms with van der Waals surface area (Å²) in [7, 11) is 1.35. The molecule has 21 heavy (non-hydrogen) atoms. The maximum absolute atomic E-state index is 12.6. The standard InChI is InChI=1S/C15H20N2O4/c1-9-12(16-13(21-9)10-5-3-6-10)14(18)17-8-4-7-11(17)15(19)20-2/h10-11H,3-8H2,1-2H3. The van der Waals surface area contributed by atoms with Gasteiger partial charge in [-0.3, -0.25) is 4.79 Å². The number of esters is 1. The van der Waals surface area contributed by atoms with Crippen molar-refractivity contribution in [3.63, 3.8) is 0 Å². The van der Waals surface area contributed by atoms with Gasteiger partial charge in [-0.2, -0.15) is 0 Å². The number of ether oxygens (including phenoxy) is 1. The summed E-state index contributed by atoms with van der Waals surface area (Å²) in [5.74, 6) is 0.963. The van der Waals surface area contributed by atoms with E-state index in [4.69, 9.17) is 9.15 Å². The lowest BCUT2D eigenvalue weighted by Gasteiger charge is -2.22. The van der Waals surface area contributed by atoms with Crippen LogP contribution in [0.3, 0.4) is 0 Å². The minimum Gasteiger partial charge on any atom is -0.467 e. The zero-order valence-electron chi connectivity index (χ0n) is 12.4. The number of amides is 1. The van der Waals surface area contributed by atoms with Gasteiger partial charge in [0.15, 0.2) is 11.6 Å². The smallest absolute Gasteiger partial charge is 0.328 e. The normalized spacial score (nSPS) is 22.2. The molecule has 1 aromatic heterocycles. The second kappa shape index (κ2) is 5.50. The number of carbonyl (C=O) groups is 2. The molecule has 2 fully saturated rings. The van der Waals surface area contributed by atoms with Crippen molar-refractivity contribution in [3.05, 3.63) is 17.3 Å². The molecule has 1 aromatic rings. The minimum atomic E-state index is -0.495. The van der Waals surface area contributed by atoms with Crippen molar-refractivity contribution in [1.29, 1.82) is 0 Å². The molecule has 1 saturated carbocycles. The monoisotopic (exact) mass is 292 g/mol. The molecule has 0 N–H and O–H groups in total. The number of nitrogens with zero attached hydrogens (tertiary/aromatic N) is 2. The average Bonchev–Trinajstić information content (AvgIpc) is 3.02. The van der Waals surface area contributed by atoms with Crippen molar-refractivity contribution in [2.24, 2.45) is 0 Å². The van der Waals surface area contributed by atoms with Crippen LogP contribution >= 0.6 is 0 Å². The van der Waals surface area contributed by atoms with Gasteiger partial charge in [0.25, 0.3) is 5.91 Å². The number of carbonyl (C=O) groups excluding carboxylic acids is 2. The summed E-state index contributed by atoms with van der Waals surface area (Å²) in [5, 5.41) is 0. The van der Waals surface area contributed by atoms with E-state index in [1.807, 2.05) is 0 Å². The molecule has 6 heteroatoms. The molecule has 1 amide bonds. The molecule has 0 bridgehead atoms. The highest BCUT2D eigenvalue weighted by Crippen LogP contribution is 2.36. The van der Waals surface area contributed by atoms with Gasteiger partial charge in [-0.25, -0.2) is 9.78 Å². The van der Waals surface area contributed by atoms with E-state index in [0.717, 1.165) is 19.3 Å². The predicted octanol–water partition coefficient (Wildman–Crippen LogP) is 2.03. The summed E-state index contributed by atoms with van der Waals surface area (Å²) < 4.78 is 10.4. The highest BCUT2D eigenvalue weighted by molar-refractivity contribution is 5.96. The lowest BCUT2D eigenvalue weighted by molar-refractivity contribution is -0.145. The average molecular weight is 292 g/mol. The molecule has 1 aliphatic heterocycles. The van der Waals surface area contributed by atoms with Gasteiger partial charge < -0.3 is 14.1 Å². The third-order valence-electron chi connectivity index (χ3n) is 4.46. The Kier molecular flexibility index (Phi) is 3.69. The van der Waals surface area contributed by atoms with Crippen LogP contribution in [-0.2, 0) is 9.53 Å². The van der Waals surface area contributed by atoms with Crippen LogP contribution in [0.4, 0.5) is 0 Å². The first-order valence-electron chi connectivity index (χ1n) is 7.48. The first-order valence-corrected chi connectivity index (χ1v) is 7.48. The molecule has 6 nitrogen and oxygen atoms in total. The number of methoxy groups -OCH3 is 1. The molecule has 1 aliphatic carbocycles. The predicted molar refractivity (Wildman–Crippen MR) is 73.9 cm³/mol. The summed E-state index contributed by atoms with van der Waals surface area (Å²) in [6.07, 6.45) is 4.78. The topological polar surface area (TPSA) is 72.6 Å². The third-order valence-corrected chi connectivity index (χ3v) is 4.46. The number of aryl methyl sites for hydroxylation is 1. The molecular weight excluding hydrogens is 272 g/mol. The molecule has 0 aromatic carbocycles. The largest absolute Gasteiger partial charge is 0.467 e. The van der Waals surface area contributed by atoms with Crippen LogP contribution < -0.4 is 0 Å². The van der Waals surface area contributed by atoms with E-state index in [0.29, 0.717) is 36.2 Å². The number of hydrogen-bond donors (Lipinski definition) is 0. The van der Waals surface area contributed by atoms with Gasteiger partial charge in [0, 0.05) is 12.5 Å². The summed E-state index contributed by atoms with van der Waals surface area (Å²) in [6, 6.07) is -0.495. The van der Waals surface area contributed by atoms with Gasteiger partial charge in [-0.15, -0.1) is 0 Å². The van der Waals surface area contributed by atoms with Crippen LogP contribution in [0.1, 0.15) is 60.2 Å². The van der Waals surface area contributed by atoms with E-state index >= 15 is 0 Å². The summed E-state index contributed by atoms with van der Waals surface area (Å²) in [6.45, 7) is 2.31. The molecule has 0 spiro atoms. The van der Waals surface area contributed by atoms with Gasteiger partial charge in [0.05, 0.1) is 7.11 Å². The zero-order chi connectivity index (χ0) is 15.0. The van der Waals surface area contributed by atoms with E-state index < -0.39 is 6.04 Å². The van der Waals surface area contributed by atoms with Crippen molar-refractivity contribution >= 4 is 11.9 Å². The second-order valence-electron chi connectivity index (χ2n) is 5.76. The lowest BCUT2D eigenvalue weighted by atomic mass is 9.85. The Bertz CT molecular complexity index is 562. The van der Waals surface area contributed by atoms with Gasteiger partial charge in [-0.1, -0.05) is 6.42 Å². The summed E-state index contributed by atoms with van der Waals surface area (Å²) >= 11 is 0. The van der Waals surface area contributed by atoms with E-state index in [-0.39, 0.29) is 11.9 Å². The number of rotatable bonds is 3. The highest BCUT2D eigenvalue weighted by Gasteiger charge is 2.37. The van der Waals surface area contributed by atoms with E-state index in [9.17, 15) is 9.59 Å². The Morgan fingerprint density at radius 3 is 2.67 bits per heavy atom. The van der Waals surface area contributed by atoms with Gasteiger partial charge in [-0.05, 0) is 32.6 Å². The Morgan fingerprint density at radius 2 is 2.05 bits per heavy atom. The Labute approximate surface area is 123 Å². The van der Waals surface area contributed by atoms with Crippen molar-refractivity contribution in [3.8, 4) is 0 Å². The first-order chi connectivity index (χ1) is 10.1. The zero-order valence-corrected chi connectivity index (χ0v) is 12.4. The Hall–Kier alpha value is -1.85. The molecular formula is C15H20N2O4. The van der Waals surface area contributed by atoms with Crippen molar-refractivity contribution in [2.75, 3.05) is 13.7 Å². The van der Waals surface area contributed by atoms with Gasteiger partial charge >= 0.3 is 5.97 Å². The maximum Gasteiger partial charge on any atom is 0.328 e. The number of hydrogen-bond acceptors (Lipinski definition) is 5. The van der Waals surface area contributed by atoms with Crippen molar-refractivity contribution in [1.82, 2.24) is 9.88 Å². The second-order valence-corrected chi connectivity index (χ2v) is 5.76. The van der Waals surface area contributed by atoms with Crippen LogP contribution in [0.15, 0.2) is 4.42 Å². The molecule has 1 atom stereocenters. The van der Waals surface area contributed by atoms with E-state index in [1.54, 1.807) is 11.8 Å². The molecule has 114 valence electrons. The van der Waals surface area contributed by atoms with E-state index in [1.165, 1.54) is 13.5 Å². The minimum absolute atomic E-state index is 0.227. The first kappa shape index (κ1) is 14.1. The fraction of sp³-hybridized carbons (Fsp3) is 0.667. The van der Waals surface area contributed by atoms with Crippen molar-refractivity contribution in [2.45, 2.75) is 51.0 Å². The van der Waals surface area contributed by atoms with Crippen LogP contribution in [0.2, 0.25) is 0 Å². The quantitative estimate of drug-likeness (QED) is 0.797. The van der Waals surface area contributed by atoms with Gasteiger partial charge in [0.1, 0.15) is 11.8 Å². The summed E-state index contributed by atoms with van der Waals surface area (Å²) in [5.41, 5.74) is 0.340. The molecule has 1 unspecified atom stereocenters. The molecule has 1 saturated heterocycles. The van der Waals surface area contributed by atoms with E-state index in [2.05, 4.69) is 4.98 Å². The maximum atomic E-state index is 12.6. The van der Waals surface area contributed by atoms with Crippen LogP contribution in [0, 0.1) is 6.92 Å². The van der Waals surface area contributed by atoms with Crippen LogP contribution in [0.5, 0.6) is 0 Å².